The molecular formula is C5H7Rh. The van der Waals surface area contributed by atoms with Crippen LogP contribution in [-0.4, -0.2) is 0 Å². The van der Waals surface area contributed by atoms with Crippen molar-refractivity contribution >= 4 is 0 Å². The molecule has 6 heavy (non-hydrogen) atoms. The molecule has 0 atom stereocenters. The summed E-state index contributed by atoms with van der Waals surface area (Å²) in [5.41, 5.74) is 0. The molecule has 0 fully saturated rings. The summed E-state index contributed by atoms with van der Waals surface area (Å²) in [6.07, 6.45) is 5.91. The second kappa shape index (κ2) is 5.10. The fourth-order valence-electron chi connectivity index (χ4n) is 0.148. The second-order valence-corrected chi connectivity index (χ2v) is 1.38. The van der Waals surface area contributed by atoms with Crippen molar-refractivity contribution in [3.8, 4) is 0 Å². The predicted octanol–water partition coefficient (Wildman–Crippen LogP) is 1.62. The SMILES string of the molecule is CC=CC=[CH][Rh]. The molecule has 0 aromatic carbocycles. The summed E-state index contributed by atoms with van der Waals surface area (Å²) in [5, 5.41) is 0. The average Bonchev–Trinajstić information content (AvgIpc) is 1.61. The van der Waals surface area contributed by atoms with Gasteiger partial charge in [0.15, 0.2) is 0 Å². The van der Waals surface area contributed by atoms with Crippen LogP contribution in [0.25, 0.3) is 0 Å². The Morgan fingerprint density at radius 2 is 2.00 bits per heavy atom. The van der Waals surface area contributed by atoms with Crippen LogP contribution >= 0.6 is 0 Å². The van der Waals surface area contributed by atoms with Crippen LogP contribution in [0.3, 0.4) is 0 Å². The third kappa shape index (κ3) is 4.10. The van der Waals surface area contributed by atoms with Crippen molar-refractivity contribution in [3.05, 3.63) is 22.9 Å². The van der Waals surface area contributed by atoms with Crippen LogP contribution in [0.4, 0.5) is 0 Å². The zero-order valence-corrected chi connectivity index (χ0v) is 5.28. The van der Waals surface area contributed by atoms with Crippen molar-refractivity contribution in [3.63, 3.8) is 0 Å². The Kier molecular flexibility index (Phi) is 5.19. The Morgan fingerprint density at radius 3 is 2.17 bits per heavy atom. The molecular weight excluding hydrogens is 163 g/mol. The molecule has 0 aliphatic rings. The topological polar surface area (TPSA) is 0 Å². The Bertz CT molecular complexity index is 52.3. The van der Waals surface area contributed by atoms with Gasteiger partial charge >= 0.3 is 48.1 Å². The van der Waals surface area contributed by atoms with Crippen LogP contribution in [0, 0.1) is 0 Å². The van der Waals surface area contributed by atoms with Gasteiger partial charge in [-0.3, -0.25) is 0 Å². The van der Waals surface area contributed by atoms with E-state index in [9.17, 15) is 0 Å². The van der Waals surface area contributed by atoms with Gasteiger partial charge in [0.1, 0.15) is 0 Å². The third-order valence-electron chi connectivity index (χ3n) is 0.368. The van der Waals surface area contributed by atoms with E-state index in [-0.39, 0.29) is 0 Å². The Hall–Kier alpha value is 0.103. The van der Waals surface area contributed by atoms with Gasteiger partial charge in [-0.2, -0.15) is 0 Å². The molecule has 0 rings (SSSR count). The summed E-state index contributed by atoms with van der Waals surface area (Å²) in [7, 11) is 0. The molecule has 0 bridgehead atoms. The van der Waals surface area contributed by atoms with Gasteiger partial charge in [-0.05, 0) is 0 Å². The van der Waals surface area contributed by atoms with Crippen LogP contribution in [0.15, 0.2) is 22.9 Å². The van der Waals surface area contributed by atoms with Crippen LogP contribution in [0.1, 0.15) is 6.92 Å². The molecule has 0 nitrogen and oxygen atoms in total. The minimum atomic E-state index is 1.89. The van der Waals surface area contributed by atoms with Crippen molar-refractivity contribution < 1.29 is 18.3 Å². The minimum absolute atomic E-state index is 1.89. The Labute approximate surface area is 48.6 Å². The average molecular weight is 170 g/mol. The number of hydrogen-bond acceptors (Lipinski definition) is 0. The standard InChI is InChI=1S/C5H7.Rh/c1-3-5-4-2;/h1,3-5H,2H3;. The van der Waals surface area contributed by atoms with Crippen LogP contribution in [0.2, 0.25) is 0 Å². The predicted molar refractivity (Wildman–Crippen MR) is 24.0 cm³/mol. The second-order valence-electron chi connectivity index (χ2n) is 0.829. The van der Waals surface area contributed by atoms with Gasteiger partial charge in [0.2, 0.25) is 0 Å². The van der Waals surface area contributed by atoms with E-state index in [1.54, 1.807) is 0 Å². The zero-order valence-electron chi connectivity index (χ0n) is 3.64. The summed E-state index contributed by atoms with van der Waals surface area (Å²) >= 11 is 2.66. The first-order chi connectivity index (χ1) is 2.91. The van der Waals surface area contributed by atoms with Crippen LogP contribution < -0.4 is 0 Å². The molecule has 0 spiro atoms. The van der Waals surface area contributed by atoms with Gasteiger partial charge in [0.05, 0.1) is 0 Å². The van der Waals surface area contributed by atoms with Gasteiger partial charge in [0, 0.05) is 0 Å². The molecule has 0 radical (unpaired) electrons. The van der Waals surface area contributed by atoms with E-state index in [0.717, 1.165) is 0 Å². The molecule has 0 saturated carbocycles. The quantitative estimate of drug-likeness (QED) is 0.414. The van der Waals surface area contributed by atoms with E-state index in [2.05, 4.69) is 18.3 Å². The van der Waals surface area contributed by atoms with E-state index >= 15 is 0 Å². The number of allylic oxidation sites excluding steroid dienone is 3. The van der Waals surface area contributed by atoms with Gasteiger partial charge in [-0.25, -0.2) is 0 Å². The monoisotopic (exact) mass is 170 g/mol. The fourth-order valence-corrected chi connectivity index (χ4v) is 0.330. The zero-order chi connectivity index (χ0) is 4.83. The Balaban J connectivity index is 3.07. The van der Waals surface area contributed by atoms with E-state index in [0.29, 0.717) is 0 Å². The fraction of sp³-hybridized carbons (Fsp3) is 0.200. The van der Waals surface area contributed by atoms with Crippen molar-refractivity contribution in [1.29, 1.82) is 0 Å². The van der Waals surface area contributed by atoms with E-state index < -0.39 is 0 Å². The molecule has 0 aliphatic heterocycles. The molecule has 0 unspecified atom stereocenters. The summed E-state index contributed by atoms with van der Waals surface area (Å²) in [6, 6.07) is 0. The van der Waals surface area contributed by atoms with E-state index in [1.165, 1.54) is 0 Å². The van der Waals surface area contributed by atoms with E-state index in [1.807, 2.05) is 29.8 Å². The molecule has 1 heteroatoms. The van der Waals surface area contributed by atoms with Crippen molar-refractivity contribution in [2.45, 2.75) is 6.92 Å². The number of rotatable bonds is 1. The summed E-state index contributed by atoms with van der Waals surface area (Å²) < 4.78 is 1.89. The molecule has 0 amide bonds. The van der Waals surface area contributed by atoms with Crippen LogP contribution in [-0.2, 0) is 18.3 Å². The van der Waals surface area contributed by atoms with Gasteiger partial charge in [-0.1, -0.05) is 0 Å². The molecule has 36 valence electrons. The van der Waals surface area contributed by atoms with E-state index in [4.69, 9.17) is 0 Å². The first-order valence-corrected chi connectivity index (χ1v) is 2.72. The molecule has 0 aromatic heterocycles. The first kappa shape index (κ1) is 6.10. The Morgan fingerprint density at radius 1 is 1.33 bits per heavy atom. The third-order valence-corrected chi connectivity index (χ3v) is 0.683. The molecule has 0 heterocycles. The molecule has 0 N–H and O–H groups in total. The number of hydrogen-bond donors (Lipinski definition) is 0. The normalized spacial score (nSPS) is 11.8. The molecule has 0 aromatic rings. The van der Waals surface area contributed by atoms with Crippen molar-refractivity contribution in [2.24, 2.45) is 0 Å². The van der Waals surface area contributed by atoms with Gasteiger partial charge in [0.25, 0.3) is 0 Å². The summed E-state index contributed by atoms with van der Waals surface area (Å²) in [6.45, 7) is 1.99. The van der Waals surface area contributed by atoms with Crippen LogP contribution in [0.5, 0.6) is 0 Å². The maximum atomic E-state index is 2.66. The van der Waals surface area contributed by atoms with Crippen molar-refractivity contribution in [2.75, 3.05) is 0 Å². The van der Waals surface area contributed by atoms with Gasteiger partial charge in [-0.15, -0.1) is 0 Å². The summed E-state index contributed by atoms with van der Waals surface area (Å²) in [5.74, 6) is 0. The molecule has 0 saturated heterocycles. The first-order valence-electron chi connectivity index (χ1n) is 1.77. The van der Waals surface area contributed by atoms with Crippen molar-refractivity contribution in [1.82, 2.24) is 0 Å². The van der Waals surface area contributed by atoms with Gasteiger partial charge < -0.3 is 0 Å². The summed E-state index contributed by atoms with van der Waals surface area (Å²) in [4.78, 5) is 0. The molecule has 0 aliphatic carbocycles. The maximum absolute atomic E-state index is 2.66.